The molecule has 0 heterocycles. The molecular formula is C16H14F3NO2. The number of ether oxygens (including phenoxy) is 1. The summed E-state index contributed by atoms with van der Waals surface area (Å²) in [5.74, 6) is -3.10. The molecule has 0 radical (unpaired) electrons. The largest absolute Gasteiger partial charge is 0.375 e. The van der Waals surface area contributed by atoms with E-state index in [0.29, 0.717) is 5.56 Å². The van der Waals surface area contributed by atoms with Crippen LogP contribution in [-0.2, 0) is 4.74 Å². The van der Waals surface area contributed by atoms with Crippen LogP contribution in [0.4, 0.5) is 13.2 Å². The molecule has 0 aliphatic rings. The molecule has 0 saturated carbocycles. The maximum atomic E-state index is 13.2. The van der Waals surface area contributed by atoms with Crippen molar-refractivity contribution in [3.05, 3.63) is 71.0 Å². The molecule has 0 saturated heterocycles. The highest BCUT2D eigenvalue weighted by molar-refractivity contribution is 5.94. The SMILES string of the molecule is CO[C@H](CNC(=O)c1ccc(F)c(F)c1)c1cccc(F)c1. The van der Waals surface area contributed by atoms with Gasteiger partial charge >= 0.3 is 0 Å². The number of hydrogen-bond acceptors (Lipinski definition) is 2. The van der Waals surface area contributed by atoms with Gasteiger partial charge < -0.3 is 10.1 Å². The first kappa shape index (κ1) is 16.0. The molecule has 6 heteroatoms. The number of rotatable bonds is 5. The Hall–Kier alpha value is -2.34. The van der Waals surface area contributed by atoms with Crippen LogP contribution in [0.3, 0.4) is 0 Å². The van der Waals surface area contributed by atoms with Crippen molar-refractivity contribution in [2.24, 2.45) is 0 Å². The molecule has 0 fully saturated rings. The zero-order chi connectivity index (χ0) is 16.1. The first-order chi connectivity index (χ1) is 10.5. The molecule has 22 heavy (non-hydrogen) atoms. The van der Waals surface area contributed by atoms with Gasteiger partial charge in [0.2, 0.25) is 0 Å². The number of carbonyl (C=O) groups excluding carboxylic acids is 1. The van der Waals surface area contributed by atoms with Gasteiger partial charge in [0, 0.05) is 19.2 Å². The predicted molar refractivity (Wildman–Crippen MR) is 74.8 cm³/mol. The predicted octanol–water partition coefficient (Wildman–Crippen LogP) is 3.22. The molecule has 2 rings (SSSR count). The average Bonchev–Trinajstić information content (AvgIpc) is 2.50. The molecule has 1 atom stereocenters. The van der Waals surface area contributed by atoms with Gasteiger partial charge in [-0.05, 0) is 35.9 Å². The van der Waals surface area contributed by atoms with E-state index in [1.807, 2.05) is 0 Å². The van der Waals surface area contributed by atoms with Gasteiger partial charge in [0.25, 0.3) is 5.91 Å². The van der Waals surface area contributed by atoms with Crippen molar-refractivity contribution in [3.8, 4) is 0 Å². The van der Waals surface area contributed by atoms with Crippen molar-refractivity contribution < 1.29 is 22.7 Å². The van der Waals surface area contributed by atoms with E-state index in [1.165, 1.54) is 31.4 Å². The normalized spacial score (nSPS) is 12.0. The zero-order valence-electron chi connectivity index (χ0n) is 11.8. The number of halogens is 3. The Balaban J connectivity index is 2.03. The maximum Gasteiger partial charge on any atom is 0.251 e. The van der Waals surface area contributed by atoms with Crippen LogP contribution in [0.1, 0.15) is 22.0 Å². The van der Waals surface area contributed by atoms with Gasteiger partial charge in [-0.15, -0.1) is 0 Å². The summed E-state index contributed by atoms with van der Waals surface area (Å²) in [6.07, 6.45) is -0.551. The topological polar surface area (TPSA) is 38.3 Å². The molecule has 116 valence electrons. The Morgan fingerprint density at radius 2 is 1.91 bits per heavy atom. The van der Waals surface area contributed by atoms with Crippen molar-refractivity contribution in [1.29, 1.82) is 0 Å². The van der Waals surface area contributed by atoms with Crippen molar-refractivity contribution in [1.82, 2.24) is 5.32 Å². The van der Waals surface area contributed by atoms with Crippen LogP contribution in [0.5, 0.6) is 0 Å². The van der Waals surface area contributed by atoms with E-state index in [1.54, 1.807) is 6.07 Å². The monoisotopic (exact) mass is 309 g/mol. The molecule has 1 amide bonds. The summed E-state index contributed by atoms with van der Waals surface area (Å²) in [6.45, 7) is 0.0672. The number of nitrogens with one attached hydrogen (secondary N) is 1. The minimum Gasteiger partial charge on any atom is -0.375 e. The van der Waals surface area contributed by atoms with Crippen LogP contribution < -0.4 is 5.32 Å². The van der Waals surface area contributed by atoms with Crippen LogP contribution >= 0.6 is 0 Å². The summed E-state index contributed by atoms with van der Waals surface area (Å²) < 4.78 is 44.3. The minimum absolute atomic E-state index is 0.00649. The smallest absolute Gasteiger partial charge is 0.251 e. The zero-order valence-corrected chi connectivity index (χ0v) is 11.8. The number of benzene rings is 2. The highest BCUT2D eigenvalue weighted by Gasteiger charge is 2.14. The molecule has 0 unspecified atom stereocenters. The van der Waals surface area contributed by atoms with Gasteiger partial charge in [0.1, 0.15) is 5.82 Å². The highest BCUT2D eigenvalue weighted by Crippen LogP contribution is 2.17. The quantitative estimate of drug-likeness (QED) is 0.921. The van der Waals surface area contributed by atoms with E-state index in [0.717, 1.165) is 12.1 Å². The summed E-state index contributed by atoms with van der Waals surface area (Å²) in [4.78, 5) is 11.9. The first-order valence-electron chi connectivity index (χ1n) is 6.52. The lowest BCUT2D eigenvalue weighted by Crippen LogP contribution is -2.29. The molecule has 2 aromatic carbocycles. The standard InChI is InChI=1S/C16H14F3NO2/c1-22-15(10-3-2-4-12(17)7-10)9-20-16(21)11-5-6-13(18)14(19)8-11/h2-8,15H,9H2,1H3,(H,20,21)/t15-/m1/s1. The fourth-order valence-electron chi connectivity index (χ4n) is 1.97. The second-order valence-corrected chi connectivity index (χ2v) is 4.62. The molecule has 0 spiro atoms. The van der Waals surface area contributed by atoms with Crippen LogP contribution in [0.25, 0.3) is 0 Å². The number of methoxy groups -OCH3 is 1. The second-order valence-electron chi connectivity index (χ2n) is 4.62. The van der Waals surface area contributed by atoms with Gasteiger partial charge in [-0.25, -0.2) is 13.2 Å². The van der Waals surface area contributed by atoms with Gasteiger partial charge in [-0.3, -0.25) is 4.79 Å². The molecule has 3 nitrogen and oxygen atoms in total. The lowest BCUT2D eigenvalue weighted by Gasteiger charge is -2.16. The average molecular weight is 309 g/mol. The highest BCUT2D eigenvalue weighted by atomic mass is 19.2. The molecular weight excluding hydrogens is 295 g/mol. The molecule has 0 bridgehead atoms. The number of hydrogen-bond donors (Lipinski definition) is 1. The minimum atomic E-state index is -1.10. The summed E-state index contributed by atoms with van der Waals surface area (Å²) in [5, 5.41) is 2.54. The van der Waals surface area contributed by atoms with Crippen molar-refractivity contribution in [2.75, 3.05) is 13.7 Å². The number of carbonyl (C=O) groups is 1. The van der Waals surface area contributed by atoms with Crippen LogP contribution in [-0.4, -0.2) is 19.6 Å². The number of amides is 1. The van der Waals surface area contributed by atoms with Crippen LogP contribution in [0, 0.1) is 17.5 Å². The summed E-state index contributed by atoms with van der Waals surface area (Å²) in [5.41, 5.74) is 0.557. The first-order valence-corrected chi connectivity index (χ1v) is 6.52. The van der Waals surface area contributed by atoms with Crippen molar-refractivity contribution in [2.45, 2.75) is 6.10 Å². The Morgan fingerprint density at radius 3 is 2.55 bits per heavy atom. The van der Waals surface area contributed by atoms with E-state index in [9.17, 15) is 18.0 Å². The Bertz CT molecular complexity index is 676. The van der Waals surface area contributed by atoms with Gasteiger partial charge in [0.05, 0.1) is 6.10 Å². The third kappa shape index (κ3) is 3.85. The molecule has 0 aliphatic carbocycles. The van der Waals surface area contributed by atoms with Gasteiger partial charge in [-0.1, -0.05) is 12.1 Å². The molecule has 2 aromatic rings. The van der Waals surface area contributed by atoms with Crippen LogP contribution in [0.2, 0.25) is 0 Å². The molecule has 1 N–H and O–H groups in total. The fourth-order valence-corrected chi connectivity index (χ4v) is 1.97. The van der Waals surface area contributed by atoms with Crippen LogP contribution in [0.15, 0.2) is 42.5 Å². The fraction of sp³-hybridized carbons (Fsp3) is 0.188. The van der Waals surface area contributed by atoms with Gasteiger partial charge in [-0.2, -0.15) is 0 Å². The van der Waals surface area contributed by atoms with E-state index >= 15 is 0 Å². The second kappa shape index (κ2) is 7.09. The summed E-state index contributed by atoms with van der Waals surface area (Å²) >= 11 is 0. The van der Waals surface area contributed by atoms with E-state index in [2.05, 4.69) is 5.32 Å². The van der Waals surface area contributed by atoms with E-state index < -0.39 is 29.5 Å². The third-order valence-electron chi connectivity index (χ3n) is 3.13. The van der Waals surface area contributed by atoms with E-state index in [4.69, 9.17) is 4.74 Å². The van der Waals surface area contributed by atoms with Crippen molar-refractivity contribution in [3.63, 3.8) is 0 Å². The molecule has 0 aromatic heterocycles. The lowest BCUT2D eigenvalue weighted by atomic mass is 10.1. The summed E-state index contributed by atoms with van der Waals surface area (Å²) in [7, 11) is 1.43. The summed E-state index contributed by atoms with van der Waals surface area (Å²) in [6, 6.07) is 8.68. The Kier molecular flexibility index (Phi) is 5.16. The van der Waals surface area contributed by atoms with Crippen molar-refractivity contribution >= 4 is 5.91 Å². The maximum absolute atomic E-state index is 13.2. The lowest BCUT2D eigenvalue weighted by molar-refractivity contribution is 0.0826. The van der Waals surface area contributed by atoms with Gasteiger partial charge in [0.15, 0.2) is 11.6 Å². The third-order valence-corrected chi connectivity index (χ3v) is 3.13. The Morgan fingerprint density at radius 1 is 1.14 bits per heavy atom. The van der Waals surface area contributed by atoms with E-state index in [-0.39, 0.29) is 12.1 Å². The molecule has 0 aliphatic heterocycles. The Labute approximate surface area is 125 Å².